The molecule has 0 heterocycles. The van der Waals surface area contributed by atoms with Crippen LogP contribution in [0.4, 0.5) is 0 Å². The number of hydrogen-bond donors (Lipinski definition) is 2. The van der Waals surface area contributed by atoms with E-state index in [0.29, 0.717) is 5.56 Å². The number of nitrogens with two attached hydrogens (primary N) is 1. The molecular formula is C11H12N2O. The Kier molecular flexibility index (Phi) is 2.14. The van der Waals surface area contributed by atoms with Gasteiger partial charge in [0.1, 0.15) is 11.8 Å². The third-order valence-electron chi connectivity index (χ3n) is 2.74. The molecule has 0 saturated carbocycles. The van der Waals surface area contributed by atoms with Crippen LogP contribution < -0.4 is 5.73 Å². The number of nitrogens with zero attached hydrogens (tertiary/aromatic N) is 1. The van der Waals surface area contributed by atoms with Gasteiger partial charge in [-0.2, -0.15) is 5.26 Å². The molecule has 1 aliphatic carbocycles. The monoisotopic (exact) mass is 188 g/mol. The SMILES string of the molecule is N#Cc1cc2c(cc1O)CCC[C@@H]2N. The Morgan fingerprint density at radius 1 is 1.50 bits per heavy atom. The highest BCUT2D eigenvalue weighted by molar-refractivity contribution is 5.49. The van der Waals surface area contributed by atoms with Crippen molar-refractivity contribution < 1.29 is 5.11 Å². The number of fused-ring (bicyclic) bond motifs is 1. The van der Waals surface area contributed by atoms with Crippen molar-refractivity contribution in [1.82, 2.24) is 0 Å². The number of nitriles is 1. The van der Waals surface area contributed by atoms with Crippen molar-refractivity contribution in [2.24, 2.45) is 5.73 Å². The van der Waals surface area contributed by atoms with Gasteiger partial charge in [0.15, 0.2) is 0 Å². The zero-order valence-electron chi connectivity index (χ0n) is 7.83. The standard InChI is InChI=1S/C11H12N2O/c12-6-8-4-9-7(5-11(8)14)2-1-3-10(9)13/h4-5,10,14H,1-3,13H2/t10-/m0/s1. The quantitative estimate of drug-likeness (QED) is 0.649. The fraction of sp³-hybridized carbons (Fsp3) is 0.364. The Morgan fingerprint density at radius 3 is 3.00 bits per heavy atom. The maximum Gasteiger partial charge on any atom is 0.133 e. The molecule has 0 unspecified atom stereocenters. The molecule has 1 aromatic rings. The minimum atomic E-state index is 0.0199. The van der Waals surface area contributed by atoms with E-state index in [1.807, 2.05) is 6.07 Å². The fourth-order valence-electron chi connectivity index (χ4n) is 1.97. The lowest BCUT2D eigenvalue weighted by molar-refractivity contribution is 0.469. The van der Waals surface area contributed by atoms with Crippen LogP contribution in [-0.4, -0.2) is 5.11 Å². The molecule has 0 spiro atoms. The van der Waals surface area contributed by atoms with Gasteiger partial charge < -0.3 is 10.8 Å². The Hall–Kier alpha value is -1.53. The predicted molar refractivity (Wildman–Crippen MR) is 52.7 cm³/mol. The first-order chi connectivity index (χ1) is 6.72. The van der Waals surface area contributed by atoms with E-state index in [-0.39, 0.29) is 11.8 Å². The molecule has 0 aromatic heterocycles. The molecule has 72 valence electrons. The second kappa shape index (κ2) is 3.32. The van der Waals surface area contributed by atoms with Crippen molar-refractivity contribution in [2.45, 2.75) is 25.3 Å². The Balaban J connectivity index is 2.56. The van der Waals surface area contributed by atoms with Crippen LogP contribution in [0.1, 0.15) is 35.6 Å². The number of hydrogen-bond acceptors (Lipinski definition) is 3. The Labute approximate surface area is 82.8 Å². The van der Waals surface area contributed by atoms with Crippen LogP contribution >= 0.6 is 0 Å². The molecule has 0 radical (unpaired) electrons. The van der Waals surface area contributed by atoms with Crippen LogP contribution in [0.5, 0.6) is 5.75 Å². The molecule has 1 atom stereocenters. The van der Waals surface area contributed by atoms with Crippen molar-refractivity contribution in [3.63, 3.8) is 0 Å². The Morgan fingerprint density at radius 2 is 2.29 bits per heavy atom. The van der Waals surface area contributed by atoms with E-state index in [2.05, 4.69) is 0 Å². The van der Waals surface area contributed by atoms with Gasteiger partial charge in [-0.25, -0.2) is 0 Å². The van der Waals surface area contributed by atoms with Crippen molar-refractivity contribution in [3.05, 3.63) is 28.8 Å². The van der Waals surface area contributed by atoms with E-state index < -0.39 is 0 Å². The lowest BCUT2D eigenvalue weighted by Gasteiger charge is -2.22. The topological polar surface area (TPSA) is 70.0 Å². The van der Waals surface area contributed by atoms with Crippen molar-refractivity contribution in [2.75, 3.05) is 0 Å². The first-order valence-corrected chi connectivity index (χ1v) is 4.74. The van der Waals surface area contributed by atoms with Crippen molar-refractivity contribution >= 4 is 0 Å². The van der Waals surface area contributed by atoms with Crippen molar-refractivity contribution in [1.29, 1.82) is 5.26 Å². The van der Waals surface area contributed by atoms with E-state index in [9.17, 15) is 5.11 Å². The number of aromatic hydroxyl groups is 1. The smallest absolute Gasteiger partial charge is 0.133 e. The van der Waals surface area contributed by atoms with Crippen molar-refractivity contribution in [3.8, 4) is 11.8 Å². The van der Waals surface area contributed by atoms with Crippen LogP contribution in [-0.2, 0) is 6.42 Å². The average molecular weight is 188 g/mol. The highest BCUT2D eigenvalue weighted by atomic mass is 16.3. The van der Waals surface area contributed by atoms with Gasteiger partial charge in [0.2, 0.25) is 0 Å². The molecule has 3 nitrogen and oxygen atoms in total. The molecule has 3 heteroatoms. The predicted octanol–water partition coefficient (Wildman–Crippen LogP) is 1.60. The normalized spacial score (nSPS) is 19.9. The maximum absolute atomic E-state index is 9.49. The van der Waals surface area contributed by atoms with Gasteiger partial charge >= 0.3 is 0 Å². The summed E-state index contributed by atoms with van der Waals surface area (Å²) in [5, 5.41) is 18.2. The summed E-state index contributed by atoms with van der Waals surface area (Å²) in [6.07, 6.45) is 2.96. The average Bonchev–Trinajstić information content (AvgIpc) is 2.17. The molecule has 0 fully saturated rings. The van der Waals surface area contributed by atoms with E-state index in [1.54, 1.807) is 12.1 Å². The van der Waals surface area contributed by atoms with Crippen LogP contribution in [0.25, 0.3) is 0 Å². The van der Waals surface area contributed by atoms with E-state index in [4.69, 9.17) is 11.0 Å². The van der Waals surface area contributed by atoms with E-state index >= 15 is 0 Å². The number of rotatable bonds is 0. The number of phenolic OH excluding ortho intramolecular Hbond substituents is 1. The molecule has 1 aromatic carbocycles. The molecule has 0 aliphatic heterocycles. The molecular weight excluding hydrogens is 176 g/mol. The lowest BCUT2D eigenvalue weighted by atomic mass is 9.87. The summed E-state index contributed by atoms with van der Waals surface area (Å²) in [7, 11) is 0. The molecule has 0 bridgehead atoms. The highest BCUT2D eigenvalue weighted by Crippen LogP contribution is 2.32. The van der Waals surface area contributed by atoms with Crippen LogP contribution in [0.3, 0.4) is 0 Å². The summed E-state index contributed by atoms with van der Waals surface area (Å²) in [6, 6.07) is 5.37. The highest BCUT2D eigenvalue weighted by Gasteiger charge is 2.18. The number of phenols is 1. The van der Waals surface area contributed by atoms with Gasteiger partial charge in [-0.3, -0.25) is 0 Å². The molecule has 0 saturated heterocycles. The maximum atomic E-state index is 9.49. The summed E-state index contributed by atoms with van der Waals surface area (Å²) >= 11 is 0. The van der Waals surface area contributed by atoms with E-state index in [0.717, 1.165) is 30.4 Å². The van der Waals surface area contributed by atoms with Crippen LogP contribution in [0, 0.1) is 11.3 Å². The molecule has 0 amide bonds. The molecule has 1 aliphatic rings. The van der Waals surface area contributed by atoms with Gasteiger partial charge in [-0.05, 0) is 42.5 Å². The van der Waals surface area contributed by atoms with Gasteiger partial charge in [0.25, 0.3) is 0 Å². The second-order valence-electron chi connectivity index (χ2n) is 3.68. The lowest BCUT2D eigenvalue weighted by Crippen LogP contribution is -2.17. The summed E-state index contributed by atoms with van der Waals surface area (Å²) in [5.41, 5.74) is 8.35. The summed E-state index contributed by atoms with van der Waals surface area (Å²) in [6.45, 7) is 0. The summed E-state index contributed by atoms with van der Waals surface area (Å²) in [5.74, 6) is 0.0698. The zero-order chi connectivity index (χ0) is 10.1. The summed E-state index contributed by atoms with van der Waals surface area (Å²) in [4.78, 5) is 0. The third-order valence-corrected chi connectivity index (χ3v) is 2.74. The van der Waals surface area contributed by atoms with Crippen LogP contribution in [0.15, 0.2) is 12.1 Å². The minimum Gasteiger partial charge on any atom is -0.507 e. The first kappa shape index (κ1) is 9.04. The largest absolute Gasteiger partial charge is 0.507 e. The number of aryl methyl sites for hydroxylation is 1. The van der Waals surface area contributed by atoms with Gasteiger partial charge in [0, 0.05) is 6.04 Å². The fourth-order valence-corrected chi connectivity index (χ4v) is 1.97. The van der Waals surface area contributed by atoms with Gasteiger partial charge in [-0.1, -0.05) is 0 Å². The summed E-state index contributed by atoms with van der Waals surface area (Å²) < 4.78 is 0. The third kappa shape index (κ3) is 1.34. The molecule has 2 rings (SSSR count). The minimum absolute atomic E-state index is 0.0199. The van der Waals surface area contributed by atoms with E-state index in [1.165, 1.54) is 0 Å². The molecule has 14 heavy (non-hydrogen) atoms. The Bertz CT molecular complexity index is 406. The zero-order valence-corrected chi connectivity index (χ0v) is 7.83. The van der Waals surface area contributed by atoms with Crippen LogP contribution in [0.2, 0.25) is 0 Å². The number of benzene rings is 1. The second-order valence-corrected chi connectivity index (χ2v) is 3.68. The molecule has 3 N–H and O–H groups in total. The van der Waals surface area contributed by atoms with Gasteiger partial charge in [0.05, 0.1) is 5.56 Å². The van der Waals surface area contributed by atoms with Gasteiger partial charge in [-0.15, -0.1) is 0 Å². The first-order valence-electron chi connectivity index (χ1n) is 4.74.